The van der Waals surface area contributed by atoms with Gasteiger partial charge in [0.15, 0.2) is 0 Å². The SMILES string of the molecule is COC(=O)CC1CCCCN1c1nnc(C)c(C)n1. The molecule has 2 heterocycles. The van der Waals surface area contributed by atoms with Crippen molar-refractivity contribution in [1.29, 1.82) is 0 Å². The second-order valence-electron chi connectivity index (χ2n) is 4.91. The molecule has 1 aliphatic heterocycles. The maximum Gasteiger partial charge on any atom is 0.307 e. The first-order valence-electron chi connectivity index (χ1n) is 6.63. The molecule has 0 saturated carbocycles. The lowest BCUT2D eigenvalue weighted by atomic mass is 10.00. The average Bonchev–Trinajstić information content (AvgIpc) is 2.42. The molecule has 1 saturated heterocycles. The summed E-state index contributed by atoms with van der Waals surface area (Å²) in [6.45, 7) is 4.68. The molecule has 0 aromatic carbocycles. The average molecular weight is 264 g/mol. The number of carbonyl (C=O) groups is 1. The third-order valence-electron chi connectivity index (χ3n) is 3.59. The van der Waals surface area contributed by atoms with E-state index in [0.717, 1.165) is 37.2 Å². The Morgan fingerprint density at radius 1 is 1.32 bits per heavy atom. The van der Waals surface area contributed by atoms with E-state index < -0.39 is 0 Å². The fraction of sp³-hybridized carbons (Fsp3) is 0.692. The number of nitrogens with zero attached hydrogens (tertiary/aromatic N) is 4. The number of rotatable bonds is 3. The Bertz CT molecular complexity index is 464. The van der Waals surface area contributed by atoms with E-state index in [2.05, 4.69) is 20.1 Å². The molecule has 0 amide bonds. The van der Waals surface area contributed by atoms with Gasteiger partial charge in [-0.1, -0.05) is 0 Å². The van der Waals surface area contributed by atoms with Crippen LogP contribution < -0.4 is 4.90 Å². The lowest BCUT2D eigenvalue weighted by Gasteiger charge is -2.35. The van der Waals surface area contributed by atoms with Crippen LogP contribution >= 0.6 is 0 Å². The van der Waals surface area contributed by atoms with Crippen molar-refractivity contribution in [2.24, 2.45) is 0 Å². The van der Waals surface area contributed by atoms with Crippen molar-refractivity contribution in [2.75, 3.05) is 18.6 Å². The molecule has 2 rings (SSSR count). The zero-order chi connectivity index (χ0) is 13.8. The van der Waals surface area contributed by atoms with Crippen molar-refractivity contribution in [3.05, 3.63) is 11.4 Å². The Labute approximate surface area is 113 Å². The molecular formula is C13H20N4O2. The molecule has 0 bridgehead atoms. The summed E-state index contributed by atoms with van der Waals surface area (Å²) >= 11 is 0. The quantitative estimate of drug-likeness (QED) is 0.769. The van der Waals surface area contributed by atoms with Gasteiger partial charge in [0, 0.05) is 12.6 Å². The largest absolute Gasteiger partial charge is 0.469 e. The number of anilines is 1. The minimum Gasteiger partial charge on any atom is -0.469 e. The number of carbonyl (C=O) groups excluding carboxylic acids is 1. The van der Waals surface area contributed by atoms with Gasteiger partial charge in [-0.3, -0.25) is 4.79 Å². The van der Waals surface area contributed by atoms with Crippen molar-refractivity contribution >= 4 is 11.9 Å². The number of hydrogen-bond donors (Lipinski definition) is 0. The Hall–Kier alpha value is -1.72. The third-order valence-corrected chi connectivity index (χ3v) is 3.59. The highest BCUT2D eigenvalue weighted by molar-refractivity contribution is 5.70. The fourth-order valence-electron chi connectivity index (χ4n) is 2.32. The molecule has 0 aliphatic carbocycles. The maximum absolute atomic E-state index is 11.5. The number of piperidine rings is 1. The molecule has 0 N–H and O–H groups in total. The molecule has 1 aromatic rings. The van der Waals surface area contributed by atoms with Crippen LogP contribution in [0, 0.1) is 13.8 Å². The van der Waals surface area contributed by atoms with Gasteiger partial charge in [0.25, 0.3) is 0 Å². The molecule has 19 heavy (non-hydrogen) atoms. The van der Waals surface area contributed by atoms with Crippen LogP contribution in [0.5, 0.6) is 0 Å². The van der Waals surface area contributed by atoms with Crippen LogP contribution in [0.2, 0.25) is 0 Å². The highest BCUT2D eigenvalue weighted by atomic mass is 16.5. The molecule has 1 atom stereocenters. The van der Waals surface area contributed by atoms with Gasteiger partial charge in [-0.15, -0.1) is 5.10 Å². The zero-order valence-electron chi connectivity index (χ0n) is 11.7. The summed E-state index contributed by atoms with van der Waals surface area (Å²) in [5.41, 5.74) is 1.72. The van der Waals surface area contributed by atoms with Gasteiger partial charge in [0.1, 0.15) is 0 Å². The van der Waals surface area contributed by atoms with Crippen molar-refractivity contribution in [3.63, 3.8) is 0 Å². The van der Waals surface area contributed by atoms with Gasteiger partial charge in [-0.05, 0) is 33.1 Å². The van der Waals surface area contributed by atoms with Crippen LogP contribution in [0.4, 0.5) is 5.95 Å². The predicted octanol–water partition coefficient (Wildman–Crippen LogP) is 1.41. The normalized spacial score (nSPS) is 19.3. The van der Waals surface area contributed by atoms with E-state index in [-0.39, 0.29) is 12.0 Å². The van der Waals surface area contributed by atoms with E-state index in [1.165, 1.54) is 7.11 Å². The Morgan fingerprint density at radius 3 is 2.79 bits per heavy atom. The first-order valence-corrected chi connectivity index (χ1v) is 6.63. The van der Waals surface area contributed by atoms with E-state index in [9.17, 15) is 4.79 Å². The van der Waals surface area contributed by atoms with E-state index in [1.807, 2.05) is 13.8 Å². The van der Waals surface area contributed by atoms with Crippen LogP contribution in [-0.4, -0.2) is 40.8 Å². The maximum atomic E-state index is 11.5. The number of hydrogen-bond acceptors (Lipinski definition) is 6. The minimum absolute atomic E-state index is 0.116. The fourth-order valence-corrected chi connectivity index (χ4v) is 2.32. The Morgan fingerprint density at radius 2 is 2.11 bits per heavy atom. The molecule has 1 unspecified atom stereocenters. The van der Waals surface area contributed by atoms with Crippen LogP contribution in [0.3, 0.4) is 0 Å². The van der Waals surface area contributed by atoms with Gasteiger partial charge >= 0.3 is 5.97 Å². The Balaban J connectivity index is 2.18. The predicted molar refractivity (Wildman–Crippen MR) is 70.9 cm³/mol. The number of methoxy groups -OCH3 is 1. The summed E-state index contributed by atoms with van der Waals surface area (Å²) in [5.74, 6) is 0.436. The molecule has 6 heteroatoms. The van der Waals surface area contributed by atoms with Gasteiger partial charge in [0.05, 0.1) is 24.9 Å². The van der Waals surface area contributed by atoms with E-state index in [4.69, 9.17) is 4.74 Å². The van der Waals surface area contributed by atoms with Crippen molar-refractivity contribution in [3.8, 4) is 0 Å². The zero-order valence-corrected chi connectivity index (χ0v) is 11.7. The second kappa shape index (κ2) is 5.95. The van der Waals surface area contributed by atoms with Gasteiger partial charge in [-0.25, -0.2) is 4.98 Å². The summed E-state index contributed by atoms with van der Waals surface area (Å²) < 4.78 is 4.76. The van der Waals surface area contributed by atoms with Crippen molar-refractivity contribution < 1.29 is 9.53 Å². The molecule has 1 fully saturated rings. The van der Waals surface area contributed by atoms with E-state index in [1.54, 1.807) is 0 Å². The molecule has 0 spiro atoms. The minimum atomic E-state index is -0.186. The lowest BCUT2D eigenvalue weighted by Crippen LogP contribution is -2.42. The molecule has 104 valence electrons. The molecule has 1 aliphatic rings. The van der Waals surface area contributed by atoms with Gasteiger partial charge in [0.2, 0.25) is 5.95 Å². The summed E-state index contributed by atoms with van der Waals surface area (Å²) in [4.78, 5) is 18.0. The van der Waals surface area contributed by atoms with Crippen LogP contribution in [-0.2, 0) is 9.53 Å². The Kier molecular flexibility index (Phi) is 4.29. The third kappa shape index (κ3) is 3.19. The van der Waals surface area contributed by atoms with Crippen molar-refractivity contribution in [1.82, 2.24) is 15.2 Å². The van der Waals surface area contributed by atoms with Crippen LogP contribution in [0.25, 0.3) is 0 Å². The topological polar surface area (TPSA) is 68.2 Å². The highest BCUT2D eigenvalue weighted by Gasteiger charge is 2.27. The molecular weight excluding hydrogens is 244 g/mol. The standard InChI is InChI=1S/C13H20N4O2/c1-9-10(2)15-16-13(14-9)17-7-5-4-6-11(17)8-12(18)19-3/h11H,4-8H2,1-3H3. The van der Waals surface area contributed by atoms with Gasteiger partial charge in [-0.2, -0.15) is 5.10 Å². The first-order chi connectivity index (χ1) is 9.11. The molecule has 1 aromatic heterocycles. The molecule has 6 nitrogen and oxygen atoms in total. The number of aryl methyl sites for hydroxylation is 2. The number of aromatic nitrogens is 3. The van der Waals surface area contributed by atoms with E-state index in [0.29, 0.717) is 12.4 Å². The van der Waals surface area contributed by atoms with Gasteiger partial charge < -0.3 is 9.64 Å². The smallest absolute Gasteiger partial charge is 0.307 e. The highest BCUT2D eigenvalue weighted by Crippen LogP contribution is 2.24. The van der Waals surface area contributed by atoms with Crippen LogP contribution in [0.1, 0.15) is 37.1 Å². The first kappa shape index (κ1) is 13.7. The monoisotopic (exact) mass is 264 g/mol. The number of esters is 1. The second-order valence-corrected chi connectivity index (χ2v) is 4.91. The molecule has 0 radical (unpaired) electrons. The van der Waals surface area contributed by atoms with Crippen LogP contribution in [0.15, 0.2) is 0 Å². The summed E-state index contributed by atoms with van der Waals surface area (Å²) in [6, 6.07) is 0.116. The lowest BCUT2D eigenvalue weighted by molar-refractivity contribution is -0.141. The summed E-state index contributed by atoms with van der Waals surface area (Å²) in [5, 5.41) is 8.28. The van der Waals surface area contributed by atoms with Crippen molar-refractivity contribution in [2.45, 2.75) is 45.6 Å². The summed E-state index contributed by atoms with van der Waals surface area (Å²) in [6.07, 6.45) is 3.56. The number of ether oxygens (including phenoxy) is 1. The van der Waals surface area contributed by atoms with E-state index >= 15 is 0 Å². The summed E-state index contributed by atoms with van der Waals surface area (Å²) in [7, 11) is 1.42.